The van der Waals surface area contributed by atoms with Crippen LogP contribution in [0.2, 0.25) is 0 Å². The molecule has 4 saturated carbocycles. The van der Waals surface area contributed by atoms with Gasteiger partial charge < -0.3 is 11.6 Å². The van der Waals surface area contributed by atoms with E-state index in [-0.39, 0.29) is 5.41 Å². The van der Waals surface area contributed by atoms with Gasteiger partial charge in [-0.1, -0.05) is 6.92 Å². The maximum atomic E-state index is 6.28. The van der Waals surface area contributed by atoms with Gasteiger partial charge in [0, 0.05) is 11.8 Å². The summed E-state index contributed by atoms with van der Waals surface area (Å²) in [7, 11) is 0. The van der Waals surface area contributed by atoms with Crippen LogP contribution < -0.4 is 11.6 Å². The summed E-state index contributed by atoms with van der Waals surface area (Å²) in [5.41, 5.74) is 7.66. The average Bonchev–Trinajstić information content (AvgIpc) is 2.65. The highest BCUT2D eigenvalue weighted by Gasteiger charge is 2.53. The van der Waals surface area contributed by atoms with Gasteiger partial charge in [0.05, 0.1) is 5.69 Å². The van der Waals surface area contributed by atoms with Crippen molar-refractivity contribution in [2.24, 2.45) is 17.8 Å². The Balaban J connectivity index is 1.79. The van der Waals surface area contributed by atoms with Gasteiger partial charge in [-0.3, -0.25) is 0 Å². The van der Waals surface area contributed by atoms with Gasteiger partial charge in [-0.15, -0.1) is 0 Å². The van der Waals surface area contributed by atoms with Crippen LogP contribution in [0.15, 0.2) is 0 Å². The Kier molecular flexibility index (Phi) is 2.25. The molecule has 5 rings (SSSR count). The number of nitrogens with zero attached hydrogens (tertiary/aromatic N) is 2. The normalized spacial score (nSPS) is 39.9. The minimum absolute atomic E-state index is 0.257. The lowest BCUT2D eigenvalue weighted by atomic mass is 9.49. The first-order valence-electron chi connectivity index (χ1n) is 7.74. The molecule has 1 aromatic heterocycles. The Bertz CT molecular complexity index is 481. The first-order chi connectivity index (χ1) is 9.11. The summed E-state index contributed by atoms with van der Waals surface area (Å²) in [4.78, 5) is 4.83. The molecule has 1 aromatic rings. The second-order valence-corrected chi connectivity index (χ2v) is 7.18. The van der Waals surface area contributed by atoms with Crippen LogP contribution in [-0.4, -0.2) is 9.66 Å². The van der Waals surface area contributed by atoms with E-state index in [1.807, 2.05) is 0 Å². The summed E-state index contributed by atoms with van der Waals surface area (Å²) in [5, 5.41) is 0. The number of imidazole rings is 1. The number of rotatable bonds is 2. The molecule has 0 radical (unpaired) electrons. The third-order valence-electron chi connectivity index (χ3n) is 5.88. The van der Waals surface area contributed by atoms with E-state index in [1.165, 1.54) is 38.5 Å². The van der Waals surface area contributed by atoms with Crippen LogP contribution in [0.1, 0.15) is 57.0 Å². The van der Waals surface area contributed by atoms with Crippen molar-refractivity contribution in [3.8, 4) is 0 Å². The van der Waals surface area contributed by atoms with Crippen molar-refractivity contribution >= 4 is 5.82 Å². The van der Waals surface area contributed by atoms with Crippen molar-refractivity contribution < 1.29 is 0 Å². The summed E-state index contributed by atoms with van der Waals surface area (Å²) in [6, 6.07) is 0. The molecule has 4 fully saturated rings. The van der Waals surface area contributed by atoms with E-state index in [0.717, 1.165) is 41.5 Å². The molecular weight excluding hydrogens is 236 g/mol. The highest BCUT2D eigenvalue weighted by molar-refractivity contribution is 5.45. The predicted molar refractivity (Wildman–Crippen MR) is 76.0 cm³/mol. The van der Waals surface area contributed by atoms with Crippen LogP contribution in [-0.2, 0) is 11.8 Å². The standard InChI is InChI=1S/C15H24N4/c1-2-12-18-13(14(16)19(12)17)15-6-9-3-10(7-15)5-11(4-9)8-15/h9-11H,2-8,16-17H2,1H3. The fourth-order valence-electron chi connectivity index (χ4n) is 5.53. The third-order valence-corrected chi connectivity index (χ3v) is 5.88. The summed E-state index contributed by atoms with van der Waals surface area (Å²) in [6.45, 7) is 2.09. The van der Waals surface area contributed by atoms with Gasteiger partial charge in [-0.05, 0) is 56.3 Å². The summed E-state index contributed by atoms with van der Waals surface area (Å²) < 4.78 is 1.62. The zero-order valence-electron chi connectivity index (χ0n) is 11.7. The lowest BCUT2D eigenvalue weighted by Gasteiger charge is -2.56. The van der Waals surface area contributed by atoms with Crippen molar-refractivity contribution in [3.63, 3.8) is 0 Å². The third kappa shape index (κ3) is 1.49. The Labute approximate surface area is 114 Å². The van der Waals surface area contributed by atoms with E-state index in [9.17, 15) is 0 Å². The molecule has 4 aliphatic rings. The average molecular weight is 260 g/mol. The highest BCUT2D eigenvalue weighted by atomic mass is 15.4. The first-order valence-corrected chi connectivity index (χ1v) is 7.74. The molecule has 4 bridgehead atoms. The van der Waals surface area contributed by atoms with Crippen LogP contribution in [0.5, 0.6) is 0 Å². The summed E-state index contributed by atoms with van der Waals surface area (Å²) in [5.74, 6) is 10.5. The van der Waals surface area contributed by atoms with Gasteiger partial charge in [0.2, 0.25) is 0 Å². The molecule has 0 amide bonds. The second-order valence-electron chi connectivity index (χ2n) is 7.18. The monoisotopic (exact) mass is 260 g/mol. The zero-order valence-corrected chi connectivity index (χ0v) is 11.7. The molecule has 104 valence electrons. The van der Waals surface area contributed by atoms with Crippen LogP contribution in [0, 0.1) is 17.8 Å². The molecule has 0 aliphatic heterocycles. The molecule has 4 aliphatic carbocycles. The molecule has 4 heteroatoms. The molecule has 0 aromatic carbocycles. The Morgan fingerprint density at radius 1 is 1.16 bits per heavy atom. The molecule has 0 spiro atoms. The van der Waals surface area contributed by atoms with Gasteiger partial charge in [-0.2, -0.15) is 0 Å². The second kappa shape index (κ2) is 3.68. The van der Waals surface area contributed by atoms with E-state index >= 15 is 0 Å². The fourth-order valence-corrected chi connectivity index (χ4v) is 5.53. The zero-order chi connectivity index (χ0) is 13.2. The van der Waals surface area contributed by atoms with Crippen LogP contribution in [0.4, 0.5) is 5.82 Å². The first kappa shape index (κ1) is 11.6. The molecule has 0 saturated heterocycles. The van der Waals surface area contributed by atoms with Crippen molar-refractivity contribution in [3.05, 3.63) is 11.5 Å². The molecule has 4 nitrogen and oxygen atoms in total. The molecule has 4 N–H and O–H groups in total. The Morgan fingerprint density at radius 2 is 1.68 bits per heavy atom. The minimum atomic E-state index is 0.257. The number of nitrogen functional groups attached to an aromatic ring is 2. The number of hydrogen-bond donors (Lipinski definition) is 2. The van der Waals surface area contributed by atoms with Gasteiger partial charge in [0.25, 0.3) is 0 Å². The smallest absolute Gasteiger partial charge is 0.146 e. The van der Waals surface area contributed by atoms with Crippen LogP contribution in [0.3, 0.4) is 0 Å². The SMILES string of the molecule is CCc1nc(C23CC4CC(CC(C4)C2)C3)c(N)n1N. The number of aryl methyl sites for hydroxylation is 1. The van der Waals surface area contributed by atoms with Gasteiger partial charge in [0.1, 0.15) is 11.6 Å². The molecule has 1 heterocycles. The number of hydrogen-bond acceptors (Lipinski definition) is 3. The summed E-state index contributed by atoms with van der Waals surface area (Å²) >= 11 is 0. The lowest BCUT2D eigenvalue weighted by Crippen LogP contribution is -2.49. The van der Waals surface area contributed by atoms with E-state index in [2.05, 4.69) is 6.92 Å². The topological polar surface area (TPSA) is 69.9 Å². The van der Waals surface area contributed by atoms with E-state index in [1.54, 1.807) is 4.68 Å². The number of anilines is 1. The van der Waals surface area contributed by atoms with Gasteiger partial charge >= 0.3 is 0 Å². The molecule has 0 unspecified atom stereocenters. The van der Waals surface area contributed by atoms with Crippen LogP contribution >= 0.6 is 0 Å². The Hall–Kier alpha value is -1.19. The van der Waals surface area contributed by atoms with Crippen molar-refractivity contribution in [1.29, 1.82) is 0 Å². The van der Waals surface area contributed by atoms with E-state index < -0.39 is 0 Å². The van der Waals surface area contributed by atoms with Crippen molar-refractivity contribution in [2.75, 3.05) is 11.6 Å². The minimum Gasteiger partial charge on any atom is -0.382 e. The predicted octanol–water partition coefficient (Wildman–Crippen LogP) is 2.21. The molecular formula is C15H24N4. The van der Waals surface area contributed by atoms with E-state index in [4.69, 9.17) is 16.6 Å². The van der Waals surface area contributed by atoms with Crippen molar-refractivity contribution in [1.82, 2.24) is 9.66 Å². The van der Waals surface area contributed by atoms with Gasteiger partial charge in [0.15, 0.2) is 0 Å². The fraction of sp³-hybridized carbons (Fsp3) is 0.800. The molecule has 19 heavy (non-hydrogen) atoms. The number of aromatic nitrogens is 2. The van der Waals surface area contributed by atoms with Crippen LogP contribution in [0.25, 0.3) is 0 Å². The quantitative estimate of drug-likeness (QED) is 0.801. The van der Waals surface area contributed by atoms with E-state index in [0.29, 0.717) is 0 Å². The molecule has 0 atom stereocenters. The Morgan fingerprint density at radius 3 is 2.11 bits per heavy atom. The lowest BCUT2D eigenvalue weighted by molar-refractivity contribution is -0.00670. The van der Waals surface area contributed by atoms with Gasteiger partial charge in [-0.25, -0.2) is 9.66 Å². The number of nitrogens with two attached hydrogens (primary N) is 2. The maximum Gasteiger partial charge on any atom is 0.146 e. The largest absolute Gasteiger partial charge is 0.382 e. The summed E-state index contributed by atoms with van der Waals surface area (Å²) in [6.07, 6.45) is 9.08. The highest BCUT2D eigenvalue weighted by Crippen LogP contribution is 2.61. The maximum absolute atomic E-state index is 6.28. The van der Waals surface area contributed by atoms with Crippen molar-refractivity contribution in [2.45, 2.75) is 57.3 Å².